The highest BCUT2D eigenvalue weighted by molar-refractivity contribution is 5.91. The summed E-state index contributed by atoms with van der Waals surface area (Å²) in [6.45, 7) is 2.11. The number of nitrogens with zero attached hydrogens (tertiary/aromatic N) is 2. The van der Waals surface area contributed by atoms with Gasteiger partial charge in [-0.2, -0.15) is 0 Å². The lowest BCUT2D eigenvalue weighted by molar-refractivity contribution is -0.134. The van der Waals surface area contributed by atoms with Crippen molar-refractivity contribution in [3.63, 3.8) is 0 Å². The normalized spacial score (nSPS) is 18.7. The molecule has 7 nitrogen and oxygen atoms in total. The lowest BCUT2D eigenvalue weighted by atomic mass is 10.2. The first-order valence-electron chi connectivity index (χ1n) is 8.80. The topological polar surface area (TPSA) is 70.1 Å². The molecule has 1 aromatic carbocycles. The number of pyridine rings is 1. The third-order valence-electron chi connectivity index (χ3n) is 4.31. The molecule has 0 N–H and O–H groups in total. The van der Waals surface area contributed by atoms with E-state index in [0.29, 0.717) is 43.6 Å². The maximum atomic E-state index is 12.4. The van der Waals surface area contributed by atoms with Gasteiger partial charge in [-0.25, -0.2) is 0 Å². The minimum absolute atomic E-state index is 0.0583. The van der Waals surface area contributed by atoms with Crippen LogP contribution in [0.3, 0.4) is 0 Å². The van der Waals surface area contributed by atoms with Crippen LogP contribution in [0, 0.1) is 0 Å². The molecule has 1 saturated heterocycles. The highest BCUT2D eigenvalue weighted by Gasteiger charge is 2.24. The molecule has 1 amide bonds. The Labute approximate surface area is 157 Å². The molecule has 0 saturated carbocycles. The number of carbonyl (C=O) groups excluding carboxylic acids is 1. The van der Waals surface area contributed by atoms with Crippen molar-refractivity contribution in [3.8, 4) is 17.2 Å². The fourth-order valence-electron chi connectivity index (χ4n) is 2.91. The van der Waals surface area contributed by atoms with Crippen molar-refractivity contribution in [3.05, 3.63) is 54.4 Å². The van der Waals surface area contributed by atoms with E-state index in [4.69, 9.17) is 18.9 Å². The first kappa shape index (κ1) is 17.4. The molecule has 2 aliphatic heterocycles. The van der Waals surface area contributed by atoms with Crippen molar-refractivity contribution in [1.82, 2.24) is 9.88 Å². The van der Waals surface area contributed by atoms with Crippen molar-refractivity contribution in [1.29, 1.82) is 0 Å². The molecular weight excluding hydrogens is 348 g/mol. The summed E-state index contributed by atoms with van der Waals surface area (Å²) in [6, 6.07) is 11.0. The van der Waals surface area contributed by atoms with Crippen LogP contribution in [0.15, 0.2) is 48.7 Å². The van der Waals surface area contributed by atoms with E-state index in [-0.39, 0.29) is 18.8 Å². The minimum Gasteiger partial charge on any atom is -0.491 e. The van der Waals surface area contributed by atoms with Gasteiger partial charge in [-0.15, -0.1) is 0 Å². The second-order valence-electron chi connectivity index (χ2n) is 6.19. The van der Waals surface area contributed by atoms with E-state index >= 15 is 0 Å². The van der Waals surface area contributed by atoms with Crippen LogP contribution in [0.25, 0.3) is 6.08 Å². The van der Waals surface area contributed by atoms with Gasteiger partial charge in [-0.05, 0) is 30.3 Å². The third kappa shape index (κ3) is 4.38. The molecule has 4 rings (SSSR count). The molecule has 1 fully saturated rings. The van der Waals surface area contributed by atoms with Crippen molar-refractivity contribution in [2.45, 2.75) is 6.10 Å². The number of benzene rings is 1. The Morgan fingerprint density at radius 2 is 2.19 bits per heavy atom. The van der Waals surface area contributed by atoms with Gasteiger partial charge >= 0.3 is 0 Å². The van der Waals surface area contributed by atoms with Gasteiger partial charge in [0.05, 0.1) is 18.8 Å². The van der Waals surface area contributed by atoms with Crippen LogP contribution < -0.4 is 14.2 Å². The third-order valence-corrected chi connectivity index (χ3v) is 4.31. The number of aromatic nitrogens is 1. The molecular formula is C20H20N2O5. The van der Waals surface area contributed by atoms with Gasteiger partial charge in [-0.3, -0.25) is 9.78 Å². The van der Waals surface area contributed by atoms with E-state index in [0.717, 1.165) is 5.69 Å². The molecule has 0 aliphatic carbocycles. The Kier molecular flexibility index (Phi) is 5.20. The zero-order chi connectivity index (χ0) is 18.5. The number of hydrogen-bond acceptors (Lipinski definition) is 6. The number of hydrogen-bond donors (Lipinski definition) is 0. The van der Waals surface area contributed by atoms with Crippen molar-refractivity contribution < 1.29 is 23.7 Å². The molecule has 0 radical (unpaired) electrons. The van der Waals surface area contributed by atoms with Crippen molar-refractivity contribution >= 4 is 12.0 Å². The summed E-state index contributed by atoms with van der Waals surface area (Å²) >= 11 is 0. The number of ether oxygens (including phenoxy) is 4. The van der Waals surface area contributed by atoms with Gasteiger partial charge in [0.15, 0.2) is 11.5 Å². The van der Waals surface area contributed by atoms with Crippen LogP contribution in [-0.4, -0.2) is 55.0 Å². The molecule has 3 heterocycles. The van der Waals surface area contributed by atoms with E-state index in [1.165, 1.54) is 0 Å². The van der Waals surface area contributed by atoms with Crippen LogP contribution in [-0.2, 0) is 9.53 Å². The smallest absolute Gasteiger partial charge is 0.246 e. The molecule has 2 aliphatic rings. The largest absolute Gasteiger partial charge is 0.491 e. The Hall–Kier alpha value is -3.06. The SMILES string of the molecule is O=C(C=Cc1ccccn1)N1CCOC(COc2ccc3c(c2)OCO3)C1. The number of carbonyl (C=O) groups is 1. The van der Waals surface area contributed by atoms with Crippen LogP contribution in [0.2, 0.25) is 0 Å². The number of amides is 1. The first-order chi connectivity index (χ1) is 13.3. The van der Waals surface area contributed by atoms with Crippen LogP contribution in [0.1, 0.15) is 5.69 Å². The predicted molar refractivity (Wildman–Crippen MR) is 97.7 cm³/mol. The number of fused-ring (bicyclic) bond motifs is 1. The average molecular weight is 368 g/mol. The van der Waals surface area contributed by atoms with Gasteiger partial charge in [0.1, 0.15) is 18.5 Å². The van der Waals surface area contributed by atoms with Crippen LogP contribution in [0.5, 0.6) is 17.2 Å². The lowest BCUT2D eigenvalue weighted by Gasteiger charge is -2.32. The summed E-state index contributed by atoms with van der Waals surface area (Å²) in [7, 11) is 0. The predicted octanol–water partition coefficient (Wildman–Crippen LogP) is 2.13. The van der Waals surface area contributed by atoms with E-state index in [1.54, 1.807) is 29.3 Å². The quantitative estimate of drug-likeness (QED) is 0.753. The van der Waals surface area contributed by atoms with E-state index in [9.17, 15) is 4.79 Å². The highest BCUT2D eigenvalue weighted by atomic mass is 16.7. The highest BCUT2D eigenvalue weighted by Crippen LogP contribution is 2.35. The maximum Gasteiger partial charge on any atom is 0.246 e. The first-order valence-corrected chi connectivity index (χ1v) is 8.80. The Morgan fingerprint density at radius 1 is 1.26 bits per heavy atom. The van der Waals surface area contributed by atoms with Gasteiger partial charge in [-0.1, -0.05) is 6.07 Å². The van der Waals surface area contributed by atoms with E-state index in [2.05, 4.69) is 4.98 Å². The number of rotatable bonds is 5. The standard InChI is InChI=1S/C20H20N2O5/c23-20(7-4-15-3-1-2-8-21-15)22-9-10-24-17(12-22)13-25-16-5-6-18-19(11-16)27-14-26-18/h1-8,11,17H,9-10,12-14H2. The molecule has 0 spiro atoms. The maximum absolute atomic E-state index is 12.4. The summed E-state index contributed by atoms with van der Waals surface area (Å²) in [5, 5.41) is 0. The summed E-state index contributed by atoms with van der Waals surface area (Å²) < 4.78 is 22.2. The second-order valence-corrected chi connectivity index (χ2v) is 6.19. The van der Waals surface area contributed by atoms with E-state index < -0.39 is 0 Å². The molecule has 7 heteroatoms. The zero-order valence-corrected chi connectivity index (χ0v) is 14.7. The Balaban J connectivity index is 1.30. The molecule has 2 aromatic rings. The fourth-order valence-corrected chi connectivity index (χ4v) is 2.91. The summed E-state index contributed by atoms with van der Waals surface area (Å²) in [6.07, 6.45) is 4.78. The summed E-state index contributed by atoms with van der Waals surface area (Å²) in [5.41, 5.74) is 0.752. The second kappa shape index (κ2) is 8.09. The molecule has 1 aromatic heterocycles. The number of morpholine rings is 1. The minimum atomic E-state index is -0.184. The summed E-state index contributed by atoms with van der Waals surface area (Å²) in [4.78, 5) is 18.3. The van der Waals surface area contributed by atoms with Gasteiger partial charge in [0, 0.05) is 24.9 Å². The molecule has 1 unspecified atom stereocenters. The molecule has 140 valence electrons. The summed E-state index contributed by atoms with van der Waals surface area (Å²) in [5.74, 6) is 2.01. The van der Waals surface area contributed by atoms with Crippen LogP contribution in [0.4, 0.5) is 0 Å². The van der Waals surface area contributed by atoms with E-state index in [1.807, 2.05) is 30.3 Å². The van der Waals surface area contributed by atoms with Gasteiger partial charge in [0.25, 0.3) is 0 Å². The zero-order valence-electron chi connectivity index (χ0n) is 14.7. The monoisotopic (exact) mass is 368 g/mol. The average Bonchev–Trinajstić information content (AvgIpc) is 3.19. The molecule has 1 atom stereocenters. The fraction of sp³-hybridized carbons (Fsp3) is 0.300. The van der Waals surface area contributed by atoms with Crippen molar-refractivity contribution in [2.75, 3.05) is 33.1 Å². The lowest BCUT2D eigenvalue weighted by Crippen LogP contribution is -2.47. The van der Waals surface area contributed by atoms with Gasteiger partial charge < -0.3 is 23.8 Å². The molecule has 27 heavy (non-hydrogen) atoms. The van der Waals surface area contributed by atoms with Gasteiger partial charge in [0.2, 0.25) is 12.7 Å². The van der Waals surface area contributed by atoms with Crippen LogP contribution >= 0.6 is 0 Å². The van der Waals surface area contributed by atoms with Crippen molar-refractivity contribution in [2.24, 2.45) is 0 Å². The Morgan fingerprint density at radius 3 is 3.07 bits per heavy atom. The molecule has 0 bridgehead atoms. The Bertz CT molecular complexity index is 824.